The van der Waals surface area contributed by atoms with Gasteiger partial charge in [0, 0.05) is 0 Å². The second kappa shape index (κ2) is 4.52. The number of phenols is 1. The lowest BCUT2D eigenvalue weighted by molar-refractivity contribution is 0.0782. The maximum Gasteiger partial charge on any atom is 0.123 e. The van der Waals surface area contributed by atoms with Gasteiger partial charge in [0.1, 0.15) is 5.75 Å². The van der Waals surface area contributed by atoms with Gasteiger partial charge >= 0.3 is 0 Å². The van der Waals surface area contributed by atoms with Crippen LogP contribution in [0.3, 0.4) is 0 Å². The molecule has 0 aliphatic carbocycles. The highest BCUT2D eigenvalue weighted by atomic mass is 16.3. The number of aliphatic hydroxyl groups is 1. The zero-order chi connectivity index (χ0) is 15.2. The van der Waals surface area contributed by atoms with E-state index in [0.29, 0.717) is 5.75 Å². The molecule has 2 heteroatoms. The summed E-state index contributed by atoms with van der Waals surface area (Å²) in [7, 11) is 0. The van der Waals surface area contributed by atoms with Gasteiger partial charge in [-0.2, -0.15) is 0 Å². The second-order valence-corrected chi connectivity index (χ2v) is 7.98. The van der Waals surface area contributed by atoms with Crippen LogP contribution in [0.5, 0.6) is 5.75 Å². The monoisotopic (exact) mass is 264 g/mol. The zero-order valence-corrected chi connectivity index (χ0v) is 13.5. The van der Waals surface area contributed by atoms with Crippen molar-refractivity contribution in [3.63, 3.8) is 0 Å². The molecule has 108 valence electrons. The molecule has 0 saturated carbocycles. The molecule has 0 radical (unpaired) electrons. The molecule has 2 nitrogen and oxygen atoms in total. The van der Waals surface area contributed by atoms with Crippen molar-refractivity contribution in [3.8, 4) is 5.75 Å². The zero-order valence-electron chi connectivity index (χ0n) is 13.5. The van der Waals surface area contributed by atoms with Crippen LogP contribution in [0, 0.1) is 0 Å². The maximum absolute atomic E-state index is 10.6. The first-order chi connectivity index (χ1) is 8.24. The summed E-state index contributed by atoms with van der Waals surface area (Å²) in [4.78, 5) is 0. The van der Waals surface area contributed by atoms with E-state index in [2.05, 4.69) is 41.5 Å². The Balaban J connectivity index is 3.68. The van der Waals surface area contributed by atoms with Gasteiger partial charge in [-0.1, -0.05) is 41.5 Å². The topological polar surface area (TPSA) is 40.5 Å². The second-order valence-electron chi connectivity index (χ2n) is 7.98. The van der Waals surface area contributed by atoms with E-state index in [1.807, 2.05) is 12.1 Å². The summed E-state index contributed by atoms with van der Waals surface area (Å²) in [6.45, 7) is 16.0. The number of phenolic OH excluding ortho intramolecular Hbond substituents is 1. The van der Waals surface area contributed by atoms with Crippen molar-refractivity contribution in [2.45, 2.75) is 71.8 Å². The minimum absolute atomic E-state index is 0.161. The van der Waals surface area contributed by atoms with Crippen LogP contribution in [-0.4, -0.2) is 10.2 Å². The molecule has 1 rings (SSSR count). The third-order valence-corrected chi connectivity index (χ3v) is 3.43. The van der Waals surface area contributed by atoms with Crippen molar-refractivity contribution < 1.29 is 10.2 Å². The van der Waals surface area contributed by atoms with E-state index >= 15 is 0 Å². The van der Waals surface area contributed by atoms with E-state index in [0.717, 1.165) is 16.7 Å². The minimum atomic E-state index is -0.909. The van der Waals surface area contributed by atoms with Crippen molar-refractivity contribution in [2.75, 3.05) is 0 Å². The summed E-state index contributed by atoms with van der Waals surface area (Å²) in [5, 5.41) is 20.8. The Morgan fingerprint density at radius 2 is 1.05 bits per heavy atom. The molecular formula is C17H28O2. The quantitative estimate of drug-likeness (QED) is 0.797. The first kappa shape index (κ1) is 16.0. The first-order valence-electron chi connectivity index (χ1n) is 6.85. The SMILES string of the molecule is CC(C)(C)c1cc(C(C)(C)O)cc(C(C)(C)C)c1O. The van der Waals surface area contributed by atoms with E-state index in [4.69, 9.17) is 0 Å². The highest BCUT2D eigenvalue weighted by Crippen LogP contribution is 2.41. The average molecular weight is 264 g/mol. The Morgan fingerprint density at radius 3 is 1.26 bits per heavy atom. The van der Waals surface area contributed by atoms with Crippen LogP contribution in [0.2, 0.25) is 0 Å². The maximum atomic E-state index is 10.6. The van der Waals surface area contributed by atoms with Crippen molar-refractivity contribution in [2.24, 2.45) is 0 Å². The van der Waals surface area contributed by atoms with Gasteiger partial charge in [-0.25, -0.2) is 0 Å². The molecule has 0 atom stereocenters. The standard InChI is InChI=1S/C17H28O2/c1-15(2,3)12-9-11(17(7,8)19)10-13(14(12)18)16(4,5)6/h9-10,18-19H,1-8H3. The molecule has 0 aliphatic rings. The molecule has 0 saturated heterocycles. The molecule has 1 aromatic rings. The van der Waals surface area contributed by atoms with Gasteiger partial charge in [0.05, 0.1) is 5.60 Å². The van der Waals surface area contributed by atoms with E-state index in [1.165, 1.54) is 0 Å². The van der Waals surface area contributed by atoms with Crippen molar-refractivity contribution in [3.05, 3.63) is 28.8 Å². The summed E-state index contributed by atoms with van der Waals surface area (Å²) in [6, 6.07) is 3.84. The number of rotatable bonds is 1. The van der Waals surface area contributed by atoms with Gasteiger partial charge in [-0.3, -0.25) is 0 Å². The van der Waals surface area contributed by atoms with Crippen molar-refractivity contribution in [1.82, 2.24) is 0 Å². The molecule has 0 aromatic heterocycles. The first-order valence-corrected chi connectivity index (χ1v) is 6.85. The average Bonchev–Trinajstić information content (AvgIpc) is 2.11. The summed E-state index contributed by atoms with van der Waals surface area (Å²) in [6.07, 6.45) is 0. The lowest BCUT2D eigenvalue weighted by Crippen LogP contribution is -2.22. The molecule has 0 fully saturated rings. The van der Waals surface area contributed by atoms with Crippen LogP contribution in [-0.2, 0) is 16.4 Å². The van der Waals surface area contributed by atoms with Gasteiger partial charge in [0.15, 0.2) is 0 Å². The van der Waals surface area contributed by atoms with Crippen LogP contribution in [0.1, 0.15) is 72.1 Å². The highest BCUT2D eigenvalue weighted by molar-refractivity contribution is 5.50. The lowest BCUT2D eigenvalue weighted by Gasteiger charge is -2.30. The Kier molecular flexibility index (Phi) is 3.81. The van der Waals surface area contributed by atoms with Crippen LogP contribution in [0.25, 0.3) is 0 Å². The smallest absolute Gasteiger partial charge is 0.123 e. The van der Waals surface area contributed by atoms with Crippen LogP contribution >= 0.6 is 0 Å². The van der Waals surface area contributed by atoms with Crippen LogP contribution < -0.4 is 0 Å². The van der Waals surface area contributed by atoms with E-state index in [1.54, 1.807) is 13.8 Å². The Labute approximate surface area is 117 Å². The van der Waals surface area contributed by atoms with E-state index in [-0.39, 0.29) is 10.8 Å². The summed E-state index contributed by atoms with van der Waals surface area (Å²) in [5.74, 6) is 0.355. The molecule has 0 heterocycles. The Hall–Kier alpha value is -1.02. The van der Waals surface area contributed by atoms with Crippen molar-refractivity contribution >= 4 is 0 Å². The summed E-state index contributed by atoms with van der Waals surface area (Å²) >= 11 is 0. The van der Waals surface area contributed by atoms with Gasteiger partial charge in [-0.05, 0) is 53.5 Å². The van der Waals surface area contributed by atoms with Gasteiger partial charge < -0.3 is 10.2 Å². The predicted octanol–water partition coefficient (Wildman–Crippen LogP) is 4.21. The predicted molar refractivity (Wildman–Crippen MR) is 80.8 cm³/mol. The fraction of sp³-hybridized carbons (Fsp3) is 0.647. The highest BCUT2D eigenvalue weighted by Gasteiger charge is 2.29. The third-order valence-electron chi connectivity index (χ3n) is 3.43. The third kappa shape index (κ3) is 3.50. The number of benzene rings is 1. The van der Waals surface area contributed by atoms with E-state index in [9.17, 15) is 10.2 Å². The molecular weight excluding hydrogens is 236 g/mol. The summed E-state index contributed by atoms with van der Waals surface area (Å²) in [5.41, 5.74) is 1.39. The largest absolute Gasteiger partial charge is 0.507 e. The van der Waals surface area contributed by atoms with Gasteiger partial charge in [-0.15, -0.1) is 0 Å². The summed E-state index contributed by atoms with van der Waals surface area (Å²) < 4.78 is 0. The molecule has 0 spiro atoms. The Morgan fingerprint density at radius 1 is 0.737 bits per heavy atom. The molecule has 0 amide bonds. The van der Waals surface area contributed by atoms with Gasteiger partial charge in [0.2, 0.25) is 0 Å². The molecule has 0 unspecified atom stereocenters. The molecule has 0 bridgehead atoms. The molecule has 2 N–H and O–H groups in total. The van der Waals surface area contributed by atoms with Crippen LogP contribution in [0.15, 0.2) is 12.1 Å². The van der Waals surface area contributed by atoms with E-state index < -0.39 is 5.60 Å². The molecule has 19 heavy (non-hydrogen) atoms. The molecule has 0 aliphatic heterocycles. The van der Waals surface area contributed by atoms with Gasteiger partial charge in [0.25, 0.3) is 0 Å². The molecule has 1 aromatic carbocycles. The van der Waals surface area contributed by atoms with Crippen molar-refractivity contribution in [1.29, 1.82) is 0 Å². The fourth-order valence-electron chi connectivity index (χ4n) is 2.13. The fourth-order valence-corrected chi connectivity index (χ4v) is 2.13. The van der Waals surface area contributed by atoms with Crippen LogP contribution in [0.4, 0.5) is 0 Å². The number of hydrogen-bond acceptors (Lipinski definition) is 2. The minimum Gasteiger partial charge on any atom is -0.507 e. The normalized spacial score (nSPS) is 13.7. The number of hydrogen-bond donors (Lipinski definition) is 2. The Bertz CT molecular complexity index is 431. The number of aromatic hydroxyl groups is 1. The lowest BCUT2D eigenvalue weighted by atomic mass is 9.77.